The van der Waals surface area contributed by atoms with E-state index in [1.165, 1.54) is 77.0 Å². The van der Waals surface area contributed by atoms with Crippen molar-refractivity contribution in [2.45, 2.75) is 117 Å². The SMILES string of the molecule is CCCCCCCCCCOc1cc2nc3cc([N+](=O)[O-])c([N+](=O)[O-])cc3nc2cc1OCCCCCCCCCC. The Balaban J connectivity index is 1.72. The molecule has 42 heavy (non-hydrogen) atoms. The lowest BCUT2D eigenvalue weighted by Gasteiger charge is -2.14. The molecule has 0 amide bonds. The monoisotopic (exact) mass is 582 g/mol. The predicted molar refractivity (Wildman–Crippen MR) is 167 cm³/mol. The van der Waals surface area contributed by atoms with Gasteiger partial charge in [-0.05, 0) is 12.8 Å². The number of nitro benzene ring substituents is 2. The zero-order chi connectivity index (χ0) is 30.2. The number of hydrogen-bond donors (Lipinski definition) is 0. The lowest BCUT2D eigenvalue weighted by atomic mass is 10.1. The summed E-state index contributed by atoms with van der Waals surface area (Å²) in [6.45, 7) is 5.55. The maximum absolute atomic E-state index is 11.4. The molecule has 0 aliphatic rings. The molecule has 1 heterocycles. The van der Waals surface area contributed by atoms with E-state index in [4.69, 9.17) is 9.47 Å². The van der Waals surface area contributed by atoms with Crippen molar-refractivity contribution in [3.05, 3.63) is 44.5 Å². The second kappa shape index (κ2) is 18.1. The van der Waals surface area contributed by atoms with E-state index < -0.39 is 21.2 Å². The van der Waals surface area contributed by atoms with Crippen molar-refractivity contribution >= 4 is 33.4 Å². The Labute approximate surface area is 248 Å². The van der Waals surface area contributed by atoms with Gasteiger partial charge in [-0.15, -0.1) is 0 Å². The summed E-state index contributed by atoms with van der Waals surface area (Å²) in [6.07, 6.45) is 19.2. The van der Waals surface area contributed by atoms with E-state index in [0.717, 1.165) is 37.8 Å². The summed E-state index contributed by atoms with van der Waals surface area (Å²) in [6, 6.07) is 5.72. The molecular formula is C32H46N4O6. The van der Waals surface area contributed by atoms with E-state index in [9.17, 15) is 20.2 Å². The molecule has 0 radical (unpaired) electrons. The van der Waals surface area contributed by atoms with Gasteiger partial charge in [-0.25, -0.2) is 9.97 Å². The van der Waals surface area contributed by atoms with Crippen molar-refractivity contribution in [2.24, 2.45) is 0 Å². The summed E-state index contributed by atoms with van der Waals surface area (Å²) in [5, 5.41) is 22.9. The van der Waals surface area contributed by atoms with Crippen molar-refractivity contribution in [3.8, 4) is 11.5 Å². The molecule has 2 aromatic carbocycles. The highest BCUT2D eigenvalue weighted by Crippen LogP contribution is 2.35. The number of nitro groups is 2. The number of aromatic nitrogens is 2. The second-order valence-corrected chi connectivity index (χ2v) is 11.0. The largest absolute Gasteiger partial charge is 0.490 e. The molecule has 0 aliphatic heterocycles. The highest BCUT2D eigenvalue weighted by Gasteiger charge is 2.26. The zero-order valence-electron chi connectivity index (χ0n) is 25.3. The highest BCUT2D eigenvalue weighted by atomic mass is 16.6. The summed E-state index contributed by atoms with van der Waals surface area (Å²) in [4.78, 5) is 30.4. The Morgan fingerprint density at radius 2 is 0.833 bits per heavy atom. The van der Waals surface area contributed by atoms with Crippen LogP contribution in [0.4, 0.5) is 11.4 Å². The van der Waals surface area contributed by atoms with Crippen molar-refractivity contribution < 1.29 is 19.3 Å². The van der Waals surface area contributed by atoms with Gasteiger partial charge in [-0.3, -0.25) is 20.2 Å². The van der Waals surface area contributed by atoms with Gasteiger partial charge in [0.25, 0.3) is 0 Å². The quantitative estimate of drug-likeness (QED) is 0.0495. The first-order valence-corrected chi connectivity index (χ1v) is 15.8. The molecule has 0 unspecified atom stereocenters. The fraction of sp³-hybridized carbons (Fsp3) is 0.625. The third-order valence-corrected chi connectivity index (χ3v) is 7.50. The summed E-state index contributed by atoms with van der Waals surface area (Å²) in [5.41, 5.74) is 0.158. The molecule has 1 aromatic heterocycles. The standard InChI is InChI=1S/C32H46N4O6/c1-3-5-7-9-11-13-15-17-19-41-31-23-27-28(24-32(31)42-20-18-16-14-12-10-8-6-4-2)34-26-22-30(36(39)40)29(35(37)38)21-25(26)33-27/h21-24H,3-20H2,1-2H3. The van der Waals surface area contributed by atoms with Crippen LogP contribution in [0.1, 0.15) is 117 Å². The van der Waals surface area contributed by atoms with Crippen LogP contribution in [0, 0.1) is 20.2 Å². The minimum Gasteiger partial charge on any atom is -0.490 e. The predicted octanol–water partition coefficient (Wildman–Crippen LogP) is 9.64. The van der Waals surface area contributed by atoms with Crippen molar-refractivity contribution in [1.29, 1.82) is 0 Å². The van der Waals surface area contributed by atoms with Gasteiger partial charge >= 0.3 is 11.4 Å². The first-order chi connectivity index (χ1) is 20.4. The maximum atomic E-state index is 11.4. The summed E-state index contributed by atoms with van der Waals surface area (Å²) in [7, 11) is 0. The average molecular weight is 583 g/mol. The smallest absolute Gasteiger partial charge is 0.348 e. The van der Waals surface area contributed by atoms with E-state index in [1.807, 2.05) is 0 Å². The third kappa shape index (κ3) is 10.4. The van der Waals surface area contributed by atoms with Gasteiger partial charge in [0.2, 0.25) is 0 Å². The van der Waals surface area contributed by atoms with Crippen LogP contribution in [0.2, 0.25) is 0 Å². The van der Waals surface area contributed by atoms with Gasteiger partial charge < -0.3 is 9.47 Å². The van der Waals surface area contributed by atoms with Gasteiger partial charge in [0, 0.05) is 12.1 Å². The molecule has 0 N–H and O–H groups in total. The first kappa shape index (κ1) is 32.9. The fourth-order valence-electron chi connectivity index (χ4n) is 5.07. The average Bonchev–Trinajstić information content (AvgIpc) is 2.97. The molecule has 230 valence electrons. The number of ether oxygens (including phenoxy) is 2. The van der Waals surface area contributed by atoms with Gasteiger partial charge in [-0.2, -0.15) is 0 Å². The Hall–Kier alpha value is -3.56. The summed E-state index contributed by atoms with van der Waals surface area (Å²) >= 11 is 0. The van der Waals surface area contributed by atoms with Crippen LogP contribution in [0.3, 0.4) is 0 Å². The molecule has 0 saturated heterocycles. The lowest BCUT2D eigenvalue weighted by Crippen LogP contribution is -2.04. The topological polar surface area (TPSA) is 131 Å². The van der Waals surface area contributed by atoms with Crippen LogP contribution in [-0.2, 0) is 0 Å². The normalized spacial score (nSPS) is 11.3. The van der Waals surface area contributed by atoms with E-state index in [-0.39, 0.29) is 11.0 Å². The van der Waals surface area contributed by atoms with Gasteiger partial charge in [0.1, 0.15) is 0 Å². The summed E-state index contributed by atoms with van der Waals surface area (Å²) in [5.74, 6) is 1.13. The molecule has 0 saturated carbocycles. The molecule has 0 bridgehead atoms. The third-order valence-electron chi connectivity index (χ3n) is 7.50. The van der Waals surface area contributed by atoms with Crippen molar-refractivity contribution in [2.75, 3.05) is 13.2 Å². The van der Waals surface area contributed by atoms with E-state index in [1.54, 1.807) is 12.1 Å². The molecular weight excluding hydrogens is 536 g/mol. The fourth-order valence-corrected chi connectivity index (χ4v) is 5.07. The van der Waals surface area contributed by atoms with Crippen LogP contribution in [0.5, 0.6) is 11.5 Å². The highest BCUT2D eigenvalue weighted by molar-refractivity contribution is 5.91. The Bertz CT molecular complexity index is 1200. The van der Waals surface area contributed by atoms with Crippen LogP contribution in [0.25, 0.3) is 22.1 Å². The van der Waals surface area contributed by atoms with Gasteiger partial charge in [0.15, 0.2) is 11.5 Å². The van der Waals surface area contributed by atoms with E-state index in [0.29, 0.717) is 35.7 Å². The van der Waals surface area contributed by atoms with Crippen LogP contribution in [-0.4, -0.2) is 33.0 Å². The summed E-state index contributed by atoms with van der Waals surface area (Å²) < 4.78 is 12.3. The number of benzene rings is 2. The second-order valence-electron chi connectivity index (χ2n) is 11.0. The van der Waals surface area contributed by atoms with E-state index in [2.05, 4.69) is 23.8 Å². The molecule has 3 rings (SSSR count). The molecule has 10 nitrogen and oxygen atoms in total. The lowest BCUT2D eigenvalue weighted by molar-refractivity contribution is -0.422. The Morgan fingerprint density at radius 1 is 0.524 bits per heavy atom. The molecule has 3 aromatic rings. The molecule has 0 atom stereocenters. The van der Waals surface area contributed by atoms with Gasteiger partial charge in [-0.1, -0.05) is 104 Å². The molecule has 0 spiro atoms. The molecule has 10 heteroatoms. The Kier molecular flexibility index (Phi) is 14.2. The number of fused-ring (bicyclic) bond motifs is 2. The molecule has 0 aliphatic carbocycles. The zero-order valence-corrected chi connectivity index (χ0v) is 25.3. The van der Waals surface area contributed by atoms with Gasteiger partial charge in [0.05, 0.1) is 57.3 Å². The van der Waals surface area contributed by atoms with E-state index >= 15 is 0 Å². The number of unbranched alkanes of at least 4 members (excludes halogenated alkanes) is 14. The van der Waals surface area contributed by atoms with Crippen LogP contribution in [0.15, 0.2) is 24.3 Å². The van der Waals surface area contributed by atoms with Crippen molar-refractivity contribution in [1.82, 2.24) is 9.97 Å². The maximum Gasteiger partial charge on any atom is 0.348 e. The van der Waals surface area contributed by atoms with Crippen molar-refractivity contribution in [3.63, 3.8) is 0 Å². The number of nitrogens with zero attached hydrogens (tertiary/aromatic N) is 4. The molecule has 0 fully saturated rings. The first-order valence-electron chi connectivity index (χ1n) is 15.8. The van der Waals surface area contributed by atoms with Crippen LogP contribution >= 0.6 is 0 Å². The number of rotatable bonds is 22. The minimum atomic E-state index is -0.774. The number of hydrogen-bond acceptors (Lipinski definition) is 8. The van der Waals surface area contributed by atoms with Crippen LogP contribution < -0.4 is 9.47 Å². The Morgan fingerprint density at radius 3 is 1.17 bits per heavy atom. The minimum absolute atomic E-state index is 0.210.